The molecule has 2 atom stereocenters. The summed E-state index contributed by atoms with van der Waals surface area (Å²) in [4.78, 5) is 18.8. The number of anilines is 1. The topological polar surface area (TPSA) is 106 Å². The van der Waals surface area contributed by atoms with Crippen LogP contribution in [0.15, 0.2) is 4.99 Å². The van der Waals surface area contributed by atoms with Gasteiger partial charge in [-0.25, -0.2) is 20.8 Å². The molecule has 0 aromatic carbocycles. The Kier molecular flexibility index (Phi) is 5.47. The number of amidine groups is 1. The summed E-state index contributed by atoms with van der Waals surface area (Å²) >= 11 is 6.37. The lowest BCUT2D eigenvalue weighted by molar-refractivity contribution is 0.169. The second-order valence-corrected chi connectivity index (χ2v) is 7.73. The highest BCUT2D eigenvalue weighted by atomic mass is 35.5. The number of hydrogen-bond acceptors (Lipinski definition) is 9. The number of aliphatic hydroxyl groups excluding tert-OH is 1. The predicted octanol–water partition coefficient (Wildman–Crippen LogP) is -0.222. The van der Waals surface area contributed by atoms with Gasteiger partial charge in [0.25, 0.3) is 0 Å². The zero-order valence-electron chi connectivity index (χ0n) is 15.6. The van der Waals surface area contributed by atoms with Crippen LogP contribution in [0.5, 0.6) is 0 Å². The van der Waals surface area contributed by atoms with Gasteiger partial charge >= 0.3 is 0 Å². The van der Waals surface area contributed by atoms with Crippen molar-refractivity contribution in [3.05, 3.63) is 16.5 Å². The SMILES string of the molecule is C[C@@H](O)Cc1nc2c(nc1Cl)C(N1CCCC1)=NC(N1CCNCC1)N2N. The Labute approximate surface area is 164 Å². The normalized spacial score (nSPS) is 24.7. The van der Waals surface area contributed by atoms with Crippen molar-refractivity contribution in [1.82, 2.24) is 25.1 Å². The van der Waals surface area contributed by atoms with Crippen LogP contribution in [0.2, 0.25) is 5.15 Å². The van der Waals surface area contributed by atoms with Gasteiger partial charge in [0.15, 0.2) is 28.8 Å². The van der Waals surface area contributed by atoms with E-state index in [2.05, 4.69) is 20.1 Å². The van der Waals surface area contributed by atoms with Crippen molar-refractivity contribution in [2.24, 2.45) is 10.8 Å². The maximum Gasteiger partial charge on any atom is 0.195 e. The molecule has 2 saturated heterocycles. The molecule has 0 aliphatic carbocycles. The van der Waals surface area contributed by atoms with Crippen molar-refractivity contribution >= 4 is 23.3 Å². The molecule has 3 aliphatic rings. The summed E-state index contributed by atoms with van der Waals surface area (Å²) in [5, 5.41) is 15.0. The molecule has 0 bridgehead atoms. The van der Waals surface area contributed by atoms with E-state index in [4.69, 9.17) is 27.4 Å². The lowest BCUT2D eigenvalue weighted by Crippen LogP contribution is -2.59. The number of likely N-dealkylation sites (tertiary alicyclic amines) is 1. The Morgan fingerprint density at radius 1 is 1.22 bits per heavy atom. The summed E-state index contributed by atoms with van der Waals surface area (Å²) in [6.07, 6.45) is 1.74. The number of fused-ring (bicyclic) bond motifs is 1. The van der Waals surface area contributed by atoms with E-state index < -0.39 is 6.10 Å². The Balaban J connectivity index is 1.76. The van der Waals surface area contributed by atoms with E-state index in [1.54, 1.807) is 11.9 Å². The predicted molar refractivity (Wildman–Crippen MR) is 105 cm³/mol. The number of hydrazine groups is 1. The highest BCUT2D eigenvalue weighted by molar-refractivity contribution is 6.30. The van der Waals surface area contributed by atoms with Crippen LogP contribution in [-0.2, 0) is 6.42 Å². The molecule has 148 valence electrons. The molecular formula is C17H27ClN8O. The number of aliphatic hydroxyl groups is 1. The molecule has 0 radical (unpaired) electrons. The lowest BCUT2D eigenvalue weighted by atomic mass is 10.2. The molecule has 2 fully saturated rings. The number of nitrogens with two attached hydrogens (primary N) is 1. The third-order valence-corrected chi connectivity index (χ3v) is 5.52. The van der Waals surface area contributed by atoms with E-state index in [1.807, 2.05) is 0 Å². The average Bonchev–Trinajstić information content (AvgIpc) is 3.18. The van der Waals surface area contributed by atoms with Crippen LogP contribution in [0.25, 0.3) is 0 Å². The maximum absolute atomic E-state index is 9.76. The highest BCUT2D eigenvalue weighted by Crippen LogP contribution is 2.30. The Morgan fingerprint density at radius 2 is 1.93 bits per heavy atom. The van der Waals surface area contributed by atoms with Gasteiger partial charge in [-0.3, -0.25) is 9.91 Å². The van der Waals surface area contributed by atoms with Crippen molar-refractivity contribution in [3.63, 3.8) is 0 Å². The first-order valence-corrected chi connectivity index (χ1v) is 9.98. The Hall–Kier alpha value is -1.52. The van der Waals surface area contributed by atoms with Gasteiger partial charge in [-0.05, 0) is 19.8 Å². The van der Waals surface area contributed by atoms with E-state index in [9.17, 15) is 5.11 Å². The highest BCUT2D eigenvalue weighted by Gasteiger charge is 2.36. The summed E-state index contributed by atoms with van der Waals surface area (Å²) < 4.78 is 0. The molecule has 1 aromatic heterocycles. The molecule has 4 heterocycles. The van der Waals surface area contributed by atoms with Crippen molar-refractivity contribution in [1.29, 1.82) is 0 Å². The summed E-state index contributed by atoms with van der Waals surface area (Å²) in [5.74, 6) is 7.87. The molecule has 0 saturated carbocycles. The van der Waals surface area contributed by atoms with Gasteiger partial charge in [0, 0.05) is 45.7 Å². The van der Waals surface area contributed by atoms with Gasteiger partial charge in [-0.15, -0.1) is 0 Å². The quantitative estimate of drug-likeness (QED) is 0.604. The Morgan fingerprint density at radius 3 is 2.59 bits per heavy atom. The lowest BCUT2D eigenvalue weighted by Gasteiger charge is -2.41. The van der Waals surface area contributed by atoms with Gasteiger partial charge < -0.3 is 15.3 Å². The van der Waals surface area contributed by atoms with Gasteiger partial charge in [0.1, 0.15) is 0 Å². The van der Waals surface area contributed by atoms with E-state index in [0.717, 1.165) is 57.9 Å². The van der Waals surface area contributed by atoms with Gasteiger partial charge in [-0.2, -0.15) is 0 Å². The first-order chi connectivity index (χ1) is 13.0. The largest absolute Gasteiger partial charge is 0.393 e. The summed E-state index contributed by atoms with van der Waals surface area (Å²) in [6, 6.07) is 0. The Bertz CT molecular complexity index is 715. The van der Waals surface area contributed by atoms with E-state index in [0.29, 0.717) is 28.8 Å². The van der Waals surface area contributed by atoms with Crippen molar-refractivity contribution in [2.45, 2.75) is 38.6 Å². The molecule has 0 amide bonds. The molecule has 4 N–H and O–H groups in total. The van der Waals surface area contributed by atoms with Gasteiger partial charge in [0.05, 0.1) is 11.8 Å². The first kappa shape index (κ1) is 18.8. The fraction of sp³-hybridized carbons (Fsp3) is 0.706. The number of nitrogens with zero attached hydrogens (tertiary/aromatic N) is 6. The van der Waals surface area contributed by atoms with Crippen LogP contribution in [0.4, 0.5) is 5.82 Å². The number of piperazine rings is 1. The average molecular weight is 395 g/mol. The zero-order chi connectivity index (χ0) is 19.0. The second kappa shape index (κ2) is 7.84. The van der Waals surface area contributed by atoms with Crippen LogP contribution < -0.4 is 16.2 Å². The van der Waals surface area contributed by atoms with Crippen LogP contribution in [0, 0.1) is 0 Å². The van der Waals surface area contributed by atoms with Crippen molar-refractivity contribution in [2.75, 3.05) is 44.3 Å². The van der Waals surface area contributed by atoms with Gasteiger partial charge in [-0.1, -0.05) is 11.6 Å². The summed E-state index contributed by atoms with van der Waals surface area (Å²) in [7, 11) is 0. The molecule has 27 heavy (non-hydrogen) atoms. The van der Waals surface area contributed by atoms with Crippen LogP contribution in [-0.4, -0.2) is 82.4 Å². The number of aromatic nitrogens is 2. The van der Waals surface area contributed by atoms with Crippen LogP contribution in [0.1, 0.15) is 31.2 Å². The minimum atomic E-state index is -0.555. The maximum atomic E-state index is 9.76. The minimum absolute atomic E-state index is 0.301. The van der Waals surface area contributed by atoms with E-state index in [-0.39, 0.29) is 6.29 Å². The van der Waals surface area contributed by atoms with Crippen molar-refractivity contribution in [3.8, 4) is 0 Å². The molecule has 10 heteroatoms. The van der Waals surface area contributed by atoms with E-state index in [1.165, 1.54) is 0 Å². The molecular weight excluding hydrogens is 368 g/mol. The van der Waals surface area contributed by atoms with Gasteiger partial charge in [0.2, 0.25) is 0 Å². The van der Waals surface area contributed by atoms with Crippen LogP contribution in [0.3, 0.4) is 0 Å². The number of rotatable bonds is 3. The fourth-order valence-corrected chi connectivity index (χ4v) is 4.06. The second-order valence-electron chi connectivity index (χ2n) is 7.37. The standard InChI is InChI=1S/C17H27ClN8O/c1-11(27)10-12-14(18)22-13-15(24-6-2-3-7-24)23-17(26(19)16(13)21-12)25-8-4-20-5-9-25/h11,17,20,27H,2-10,19H2,1H3/t11-,17?/m1/s1. The first-order valence-electron chi connectivity index (χ1n) is 9.61. The summed E-state index contributed by atoms with van der Waals surface area (Å²) in [6.45, 7) is 7.16. The number of halogens is 1. The monoisotopic (exact) mass is 394 g/mol. The smallest absolute Gasteiger partial charge is 0.195 e. The number of aliphatic imine (C=N–C) groups is 1. The molecule has 4 rings (SSSR count). The fourth-order valence-electron chi connectivity index (χ4n) is 3.85. The molecule has 9 nitrogen and oxygen atoms in total. The number of hydrogen-bond donors (Lipinski definition) is 3. The van der Waals surface area contributed by atoms with E-state index >= 15 is 0 Å². The van der Waals surface area contributed by atoms with Crippen LogP contribution >= 0.6 is 11.6 Å². The molecule has 3 aliphatic heterocycles. The third kappa shape index (κ3) is 3.74. The third-order valence-electron chi connectivity index (χ3n) is 5.22. The minimum Gasteiger partial charge on any atom is -0.393 e. The molecule has 1 aromatic rings. The molecule has 0 spiro atoms. The zero-order valence-corrected chi connectivity index (χ0v) is 16.4. The van der Waals surface area contributed by atoms with Crippen molar-refractivity contribution < 1.29 is 5.11 Å². The molecule has 1 unspecified atom stereocenters. The number of nitrogens with one attached hydrogen (secondary N) is 1. The summed E-state index contributed by atoms with van der Waals surface area (Å²) in [5.41, 5.74) is 1.19.